The Morgan fingerprint density at radius 2 is 2.15 bits per heavy atom. The molecule has 2 N–H and O–H groups in total. The van der Waals surface area contributed by atoms with Gasteiger partial charge in [-0.25, -0.2) is 4.79 Å². The first kappa shape index (κ1) is 13.9. The SMILES string of the molecule is COc1cccc(-n2nnc(C(=O)OC(C)C)c2N)c1. The van der Waals surface area contributed by atoms with Gasteiger partial charge in [0.05, 0.1) is 18.9 Å². The molecular weight excluding hydrogens is 260 g/mol. The van der Waals surface area contributed by atoms with Crippen LogP contribution in [0, 0.1) is 0 Å². The summed E-state index contributed by atoms with van der Waals surface area (Å²) in [7, 11) is 1.56. The van der Waals surface area contributed by atoms with Crippen molar-refractivity contribution in [2.45, 2.75) is 20.0 Å². The molecule has 1 heterocycles. The maximum Gasteiger partial charge on any atom is 0.363 e. The molecule has 0 aliphatic carbocycles. The average Bonchev–Trinajstić information content (AvgIpc) is 2.80. The van der Waals surface area contributed by atoms with Crippen LogP contribution in [0.5, 0.6) is 5.75 Å². The molecule has 0 atom stereocenters. The lowest BCUT2D eigenvalue weighted by atomic mass is 10.3. The molecule has 106 valence electrons. The van der Waals surface area contributed by atoms with Gasteiger partial charge in [0, 0.05) is 6.07 Å². The molecule has 2 rings (SSSR count). The minimum Gasteiger partial charge on any atom is -0.497 e. The Morgan fingerprint density at radius 3 is 2.80 bits per heavy atom. The summed E-state index contributed by atoms with van der Waals surface area (Å²) in [6, 6.07) is 7.11. The highest BCUT2D eigenvalue weighted by Gasteiger charge is 2.20. The van der Waals surface area contributed by atoms with E-state index in [0.717, 1.165) is 0 Å². The van der Waals surface area contributed by atoms with Gasteiger partial charge in [0.1, 0.15) is 5.75 Å². The number of benzene rings is 1. The fourth-order valence-corrected chi connectivity index (χ4v) is 1.64. The number of ether oxygens (including phenoxy) is 2. The van der Waals surface area contributed by atoms with Crippen molar-refractivity contribution in [2.75, 3.05) is 12.8 Å². The number of hydrogen-bond acceptors (Lipinski definition) is 6. The van der Waals surface area contributed by atoms with Gasteiger partial charge in [0.2, 0.25) is 5.69 Å². The van der Waals surface area contributed by atoms with Crippen LogP contribution in [0.2, 0.25) is 0 Å². The van der Waals surface area contributed by atoms with Crippen LogP contribution in [0.15, 0.2) is 24.3 Å². The third kappa shape index (κ3) is 2.71. The van der Waals surface area contributed by atoms with Crippen molar-refractivity contribution in [1.82, 2.24) is 15.0 Å². The first-order valence-corrected chi connectivity index (χ1v) is 6.09. The highest BCUT2D eigenvalue weighted by molar-refractivity contribution is 5.92. The maximum absolute atomic E-state index is 11.8. The normalized spacial score (nSPS) is 10.6. The van der Waals surface area contributed by atoms with Gasteiger partial charge >= 0.3 is 5.97 Å². The number of esters is 1. The molecule has 2 aromatic rings. The molecule has 0 saturated heterocycles. The van der Waals surface area contributed by atoms with Crippen molar-refractivity contribution in [1.29, 1.82) is 0 Å². The van der Waals surface area contributed by atoms with E-state index in [1.807, 2.05) is 0 Å². The summed E-state index contributed by atoms with van der Waals surface area (Å²) in [6.45, 7) is 3.50. The first-order valence-electron chi connectivity index (χ1n) is 6.09. The predicted molar refractivity (Wildman–Crippen MR) is 72.9 cm³/mol. The lowest BCUT2D eigenvalue weighted by Gasteiger charge is -2.07. The van der Waals surface area contributed by atoms with Crippen LogP contribution in [-0.4, -0.2) is 34.2 Å². The number of nitrogens with two attached hydrogens (primary N) is 1. The van der Waals surface area contributed by atoms with Crippen molar-refractivity contribution >= 4 is 11.8 Å². The van der Waals surface area contributed by atoms with Crippen molar-refractivity contribution < 1.29 is 14.3 Å². The van der Waals surface area contributed by atoms with Gasteiger partial charge in [-0.2, -0.15) is 4.68 Å². The number of methoxy groups -OCH3 is 1. The summed E-state index contributed by atoms with van der Waals surface area (Å²) in [5.74, 6) is 0.194. The van der Waals surface area contributed by atoms with Crippen molar-refractivity contribution in [3.63, 3.8) is 0 Å². The number of hydrogen-bond donors (Lipinski definition) is 1. The first-order chi connectivity index (χ1) is 9.52. The molecule has 0 unspecified atom stereocenters. The van der Waals surface area contributed by atoms with Crippen molar-refractivity contribution in [2.24, 2.45) is 0 Å². The molecular formula is C13H16N4O3. The minimum atomic E-state index is -0.591. The second-order valence-corrected chi connectivity index (χ2v) is 4.39. The Hall–Kier alpha value is -2.57. The number of anilines is 1. The van der Waals surface area contributed by atoms with E-state index in [1.54, 1.807) is 45.2 Å². The van der Waals surface area contributed by atoms with Gasteiger partial charge in [-0.1, -0.05) is 11.3 Å². The summed E-state index contributed by atoms with van der Waals surface area (Å²) < 4.78 is 11.5. The Morgan fingerprint density at radius 1 is 1.40 bits per heavy atom. The number of aromatic nitrogens is 3. The van der Waals surface area contributed by atoms with Gasteiger partial charge in [0.15, 0.2) is 5.82 Å². The third-order valence-electron chi connectivity index (χ3n) is 2.54. The highest BCUT2D eigenvalue weighted by Crippen LogP contribution is 2.20. The van der Waals surface area contributed by atoms with E-state index in [-0.39, 0.29) is 17.6 Å². The monoisotopic (exact) mass is 276 g/mol. The molecule has 7 heteroatoms. The quantitative estimate of drug-likeness (QED) is 0.849. The minimum absolute atomic E-state index is 0.00141. The largest absolute Gasteiger partial charge is 0.497 e. The summed E-state index contributed by atoms with van der Waals surface area (Å²) in [4.78, 5) is 11.8. The van der Waals surface area contributed by atoms with Crippen LogP contribution in [0.4, 0.5) is 5.82 Å². The van der Waals surface area contributed by atoms with Gasteiger partial charge in [0.25, 0.3) is 0 Å². The molecule has 20 heavy (non-hydrogen) atoms. The lowest BCUT2D eigenvalue weighted by molar-refractivity contribution is 0.0372. The Bertz CT molecular complexity index is 622. The fourth-order valence-electron chi connectivity index (χ4n) is 1.64. The molecule has 0 saturated carbocycles. The van der Waals surface area contributed by atoms with E-state index in [1.165, 1.54) is 4.68 Å². The molecule has 1 aromatic carbocycles. The topological polar surface area (TPSA) is 92.3 Å². The molecule has 0 fully saturated rings. The Labute approximate surface area is 116 Å². The van der Waals surface area contributed by atoms with Gasteiger partial charge in [-0.3, -0.25) is 0 Å². The standard InChI is InChI=1S/C13H16N4O3/c1-8(2)20-13(18)11-12(14)17(16-15-11)9-5-4-6-10(7-9)19-3/h4-8H,14H2,1-3H3. The van der Waals surface area contributed by atoms with Crippen LogP contribution < -0.4 is 10.5 Å². The third-order valence-corrected chi connectivity index (χ3v) is 2.54. The van der Waals surface area contributed by atoms with E-state index in [0.29, 0.717) is 11.4 Å². The molecule has 0 bridgehead atoms. The zero-order chi connectivity index (χ0) is 14.7. The molecule has 0 spiro atoms. The van der Waals surface area contributed by atoms with Gasteiger partial charge < -0.3 is 15.2 Å². The molecule has 0 radical (unpaired) electrons. The number of carbonyl (C=O) groups is 1. The summed E-state index contributed by atoms with van der Waals surface area (Å²) in [5, 5.41) is 7.65. The second-order valence-electron chi connectivity index (χ2n) is 4.39. The average molecular weight is 276 g/mol. The molecule has 0 amide bonds. The second kappa shape index (κ2) is 5.60. The fraction of sp³-hybridized carbons (Fsp3) is 0.308. The van der Waals surface area contributed by atoms with Gasteiger partial charge in [-0.05, 0) is 26.0 Å². The van der Waals surface area contributed by atoms with Crippen LogP contribution in [-0.2, 0) is 4.74 Å². The molecule has 1 aromatic heterocycles. The smallest absolute Gasteiger partial charge is 0.363 e. The Kier molecular flexibility index (Phi) is 3.88. The number of rotatable bonds is 4. The van der Waals surface area contributed by atoms with Crippen LogP contribution in [0.3, 0.4) is 0 Å². The number of nitrogens with zero attached hydrogens (tertiary/aromatic N) is 3. The van der Waals surface area contributed by atoms with Crippen LogP contribution in [0.25, 0.3) is 5.69 Å². The molecule has 7 nitrogen and oxygen atoms in total. The lowest BCUT2D eigenvalue weighted by Crippen LogP contribution is -2.14. The summed E-state index contributed by atoms with van der Waals surface area (Å²) >= 11 is 0. The zero-order valence-electron chi connectivity index (χ0n) is 11.5. The van der Waals surface area contributed by atoms with Crippen LogP contribution >= 0.6 is 0 Å². The summed E-state index contributed by atoms with van der Waals surface area (Å²) in [5.41, 5.74) is 6.55. The van der Waals surface area contributed by atoms with E-state index >= 15 is 0 Å². The van der Waals surface area contributed by atoms with Crippen molar-refractivity contribution in [3.05, 3.63) is 30.0 Å². The highest BCUT2D eigenvalue weighted by atomic mass is 16.5. The number of nitrogen functional groups attached to an aromatic ring is 1. The van der Waals surface area contributed by atoms with Gasteiger partial charge in [-0.15, -0.1) is 5.10 Å². The predicted octanol–water partition coefficient (Wildman–Crippen LogP) is 1.42. The number of carbonyl (C=O) groups excluding carboxylic acids is 1. The maximum atomic E-state index is 11.8. The molecule has 0 aliphatic heterocycles. The van der Waals surface area contributed by atoms with E-state index < -0.39 is 5.97 Å². The van der Waals surface area contributed by atoms with E-state index in [2.05, 4.69) is 10.3 Å². The van der Waals surface area contributed by atoms with E-state index in [4.69, 9.17) is 15.2 Å². The Balaban J connectivity index is 2.35. The zero-order valence-corrected chi connectivity index (χ0v) is 11.5. The molecule has 0 aliphatic rings. The summed E-state index contributed by atoms with van der Waals surface area (Å²) in [6.07, 6.45) is -0.246. The van der Waals surface area contributed by atoms with E-state index in [9.17, 15) is 4.79 Å². The van der Waals surface area contributed by atoms with Crippen LogP contribution in [0.1, 0.15) is 24.3 Å². The van der Waals surface area contributed by atoms with Crippen molar-refractivity contribution in [3.8, 4) is 11.4 Å².